The lowest BCUT2D eigenvalue weighted by Gasteiger charge is -2.30. The minimum absolute atomic E-state index is 0.121. The first kappa shape index (κ1) is 20.6. The zero-order valence-corrected chi connectivity index (χ0v) is 18.2. The second-order valence-electron chi connectivity index (χ2n) is 7.12. The van der Waals surface area contributed by atoms with Gasteiger partial charge in [0, 0.05) is 24.7 Å². The Morgan fingerprint density at radius 1 is 1.23 bits per heavy atom. The fourth-order valence-corrected chi connectivity index (χ4v) is 6.21. The molecule has 158 valence electrons. The first-order chi connectivity index (χ1) is 14.4. The Kier molecular flexibility index (Phi) is 5.67. The number of carbonyl (C=O) groups excluding carboxylic acids is 1. The Balaban J connectivity index is 1.50. The van der Waals surface area contributed by atoms with Gasteiger partial charge in [-0.05, 0) is 38.8 Å². The molecule has 11 heteroatoms. The molecule has 1 aliphatic rings. The van der Waals surface area contributed by atoms with Gasteiger partial charge in [-0.3, -0.25) is 4.79 Å². The van der Waals surface area contributed by atoms with Gasteiger partial charge in [-0.2, -0.15) is 4.31 Å². The van der Waals surface area contributed by atoms with Gasteiger partial charge in [0.25, 0.3) is 5.91 Å². The second kappa shape index (κ2) is 8.25. The number of rotatable bonds is 5. The Morgan fingerprint density at radius 3 is 2.70 bits per heavy atom. The van der Waals surface area contributed by atoms with Gasteiger partial charge >= 0.3 is 0 Å². The minimum atomic E-state index is -3.72. The smallest absolute Gasteiger partial charge is 0.286 e. The number of anilines is 1. The molecule has 0 bridgehead atoms. The Bertz CT molecular complexity index is 1140. The number of benzene rings is 1. The van der Waals surface area contributed by atoms with Crippen LogP contribution < -0.4 is 5.32 Å². The van der Waals surface area contributed by atoms with Crippen LogP contribution in [-0.4, -0.2) is 47.1 Å². The number of amides is 1. The fourth-order valence-electron chi connectivity index (χ4n) is 3.53. The Labute approximate surface area is 178 Å². The predicted molar refractivity (Wildman–Crippen MR) is 111 cm³/mol. The highest BCUT2D eigenvalue weighted by Gasteiger charge is 2.36. The number of para-hydroxylation sites is 1. The van der Waals surface area contributed by atoms with E-state index in [9.17, 15) is 13.2 Å². The third-order valence-corrected chi connectivity index (χ3v) is 8.16. The second-order valence-corrected chi connectivity index (χ2v) is 10.0. The molecule has 0 saturated carbocycles. The predicted octanol–water partition coefficient (Wildman–Crippen LogP) is 2.96. The van der Waals surface area contributed by atoms with Crippen molar-refractivity contribution >= 4 is 33.0 Å². The van der Waals surface area contributed by atoms with E-state index in [1.807, 2.05) is 18.2 Å². The number of carbonyl (C=O) groups is 1. The third kappa shape index (κ3) is 4.00. The summed E-state index contributed by atoms with van der Waals surface area (Å²) in [4.78, 5) is 12.6. The summed E-state index contributed by atoms with van der Waals surface area (Å²) in [5.74, 6) is -0.170. The summed E-state index contributed by atoms with van der Waals surface area (Å²) >= 11 is 1.20. The highest BCUT2D eigenvalue weighted by atomic mass is 32.2. The maximum absolute atomic E-state index is 13.1. The van der Waals surface area contributed by atoms with E-state index in [1.165, 1.54) is 15.6 Å². The molecule has 0 spiro atoms. The van der Waals surface area contributed by atoms with Crippen LogP contribution >= 0.6 is 11.3 Å². The van der Waals surface area contributed by atoms with E-state index < -0.39 is 10.0 Å². The summed E-state index contributed by atoms with van der Waals surface area (Å²) in [7, 11) is -3.72. The lowest BCUT2D eigenvalue weighted by Crippen LogP contribution is -2.39. The number of aromatic nitrogens is 3. The largest absolute Gasteiger partial charge is 0.360 e. The highest BCUT2D eigenvalue weighted by Crippen LogP contribution is 2.33. The molecule has 30 heavy (non-hydrogen) atoms. The van der Waals surface area contributed by atoms with Gasteiger partial charge in [-0.25, -0.2) is 8.42 Å². The number of nitrogens with zero attached hydrogens (tertiary/aromatic N) is 4. The lowest BCUT2D eigenvalue weighted by molar-refractivity contribution is 0.102. The van der Waals surface area contributed by atoms with Crippen molar-refractivity contribution in [1.82, 2.24) is 19.7 Å². The summed E-state index contributed by atoms with van der Waals surface area (Å²) in [5, 5.41) is 15.6. The molecule has 1 aliphatic heterocycles. The van der Waals surface area contributed by atoms with Crippen molar-refractivity contribution in [3.8, 4) is 0 Å². The van der Waals surface area contributed by atoms with Crippen LogP contribution in [0, 0.1) is 13.8 Å². The van der Waals surface area contributed by atoms with E-state index >= 15 is 0 Å². The van der Waals surface area contributed by atoms with Crippen molar-refractivity contribution < 1.29 is 17.7 Å². The molecule has 0 radical (unpaired) electrons. The van der Waals surface area contributed by atoms with Crippen LogP contribution in [0.25, 0.3) is 0 Å². The number of piperidine rings is 1. The summed E-state index contributed by atoms with van der Waals surface area (Å²) in [6.45, 7) is 3.91. The van der Waals surface area contributed by atoms with Crippen molar-refractivity contribution in [3.63, 3.8) is 0 Å². The van der Waals surface area contributed by atoms with E-state index in [0.29, 0.717) is 29.4 Å². The van der Waals surface area contributed by atoms with Crippen molar-refractivity contribution in [1.29, 1.82) is 0 Å². The molecule has 0 aliphatic carbocycles. The lowest BCUT2D eigenvalue weighted by atomic mass is 10.0. The summed E-state index contributed by atoms with van der Waals surface area (Å²) < 4.78 is 32.7. The van der Waals surface area contributed by atoms with Crippen LogP contribution in [0.5, 0.6) is 0 Å². The zero-order chi connectivity index (χ0) is 21.3. The van der Waals surface area contributed by atoms with Crippen LogP contribution in [-0.2, 0) is 10.0 Å². The van der Waals surface area contributed by atoms with Crippen molar-refractivity contribution in [3.05, 3.63) is 51.8 Å². The normalized spacial score (nSPS) is 17.7. The molecule has 4 rings (SSSR count). The van der Waals surface area contributed by atoms with Crippen LogP contribution in [0.15, 0.2) is 39.8 Å². The summed E-state index contributed by atoms with van der Waals surface area (Å²) in [5.41, 5.74) is 1.03. The SMILES string of the molecule is Cc1noc(C)c1S(=O)(=O)N1CCCC(c2nnc(C(=O)Nc3ccccc3)s2)C1. The number of nitrogens with one attached hydrogen (secondary N) is 1. The van der Waals surface area contributed by atoms with Gasteiger partial charge in [-0.15, -0.1) is 10.2 Å². The van der Waals surface area contributed by atoms with Gasteiger partial charge in [-0.1, -0.05) is 34.7 Å². The maximum Gasteiger partial charge on any atom is 0.286 e. The quantitative estimate of drug-likeness (QED) is 0.639. The number of hydrogen-bond donors (Lipinski definition) is 1. The van der Waals surface area contributed by atoms with Gasteiger partial charge in [0.05, 0.1) is 0 Å². The molecule has 1 saturated heterocycles. The van der Waals surface area contributed by atoms with Crippen LogP contribution in [0.2, 0.25) is 0 Å². The maximum atomic E-state index is 13.1. The monoisotopic (exact) mass is 447 g/mol. The van der Waals surface area contributed by atoms with E-state index in [2.05, 4.69) is 20.7 Å². The average molecular weight is 448 g/mol. The first-order valence-electron chi connectivity index (χ1n) is 9.49. The molecule has 1 atom stereocenters. The van der Waals surface area contributed by atoms with Crippen molar-refractivity contribution in [2.75, 3.05) is 18.4 Å². The molecule has 1 aromatic carbocycles. The molecular formula is C19H21N5O4S2. The van der Waals surface area contributed by atoms with Crippen molar-refractivity contribution in [2.45, 2.75) is 37.5 Å². The number of aryl methyl sites for hydroxylation is 2. The minimum Gasteiger partial charge on any atom is -0.360 e. The van der Waals surface area contributed by atoms with Gasteiger partial charge < -0.3 is 9.84 Å². The Morgan fingerprint density at radius 2 is 2.00 bits per heavy atom. The molecule has 1 amide bonds. The zero-order valence-electron chi connectivity index (χ0n) is 16.5. The number of hydrogen-bond acceptors (Lipinski definition) is 8. The van der Waals surface area contributed by atoms with Gasteiger partial charge in [0.1, 0.15) is 15.6 Å². The van der Waals surface area contributed by atoms with Crippen LogP contribution in [0.4, 0.5) is 5.69 Å². The molecule has 1 unspecified atom stereocenters. The van der Waals surface area contributed by atoms with Gasteiger partial charge in [0.2, 0.25) is 15.0 Å². The van der Waals surface area contributed by atoms with Crippen molar-refractivity contribution in [2.24, 2.45) is 0 Å². The highest BCUT2D eigenvalue weighted by molar-refractivity contribution is 7.89. The first-order valence-corrected chi connectivity index (χ1v) is 11.7. The van der Waals surface area contributed by atoms with E-state index in [1.54, 1.807) is 26.0 Å². The fraction of sp³-hybridized carbons (Fsp3) is 0.368. The molecule has 3 aromatic rings. The summed E-state index contributed by atoms with van der Waals surface area (Å²) in [6, 6.07) is 9.11. The van der Waals surface area contributed by atoms with E-state index in [-0.39, 0.29) is 34.0 Å². The van der Waals surface area contributed by atoms with E-state index in [0.717, 1.165) is 6.42 Å². The van der Waals surface area contributed by atoms with Gasteiger partial charge in [0.15, 0.2) is 5.76 Å². The Hall–Kier alpha value is -2.63. The molecule has 3 heterocycles. The third-order valence-electron chi connectivity index (χ3n) is 4.97. The molecule has 1 N–H and O–H groups in total. The average Bonchev–Trinajstić information content (AvgIpc) is 3.36. The van der Waals surface area contributed by atoms with Crippen LogP contribution in [0.1, 0.15) is 45.0 Å². The molecule has 1 fully saturated rings. The van der Waals surface area contributed by atoms with Crippen LogP contribution in [0.3, 0.4) is 0 Å². The molecular weight excluding hydrogens is 426 g/mol. The summed E-state index contributed by atoms with van der Waals surface area (Å²) in [6.07, 6.45) is 1.47. The topological polar surface area (TPSA) is 118 Å². The standard InChI is InChI=1S/C19H21N5O4S2/c1-12-16(13(2)28-23-12)30(26,27)24-10-6-7-14(11-24)18-21-22-19(29-18)17(25)20-15-8-4-3-5-9-15/h3-5,8-9,14H,6-7,10-11H2,1-2H3,(H,20,25). The molecule has 9 nitrogen and oxygen atoms in total. The van der Waals surface area contributed by atoms with E-state index in [4.69, 9.17) is 4.52 Å². The molecule has 2 aromatic heterocycles. The number of sulfonamides is 1.